The molecule has 1 fully saturated rings. The Morgan fingerprint density at radius 1 is 1.24 bits per heavy atom. The van der Waals surface area contributed by atoms with Gasteiger partial charge in [-0.25, -0.2) is 12.8 Å². The third kappa shape index (κ3) is 4.41. The smallest absolute Gasteiger partial charge is 0.261 e. The predicted octanol–water partition coefficient (Wildman–Crippen LogP) is 3.06. The second-order valence-electron chi connectivity index (χ2n) is 5.54. The number of carbonyl (C=O) groups is 1. The van der Waals surface area contributed by atoms with Gasteiger partial charge in [-0.2, -0.15) is 0 Å². The molecule has 1 aromatic rings. The number of carbonyl (C=O) groups excluding carboxylic acids is 1. The first-order chi connectivity index (χ1) is 9.75. The van der Waals surface area contributed by atoms with Crippen LogP contribution in [0.4, 0.5) is 4.39 Å². The second-order valence-corrected chi connectivity index (χ2v) is 8.11. The van der Waals surface area contributed by atoms with Crippen LogP contribution in [-0.4, -0.2) is 20.4 Å². The molecule has 0 bridgehead atoms. The Bertz CT molecular complexity index is 640. The highest BCUT2D eigenvalue weighted by atomic mass is 35.7. The zero-order valence-corrected chi connectivity index (χ0v) is 13.2. The molecule has 0 aromatic heterocycles. The lowest BCUT2D eigenvalue weighted by atomic mass is 9.87. The molecule has 0 heterocycles. The molecule has 1 aliphatic rings. The van der Waals surface area contributed by atoms with Crippen LogP contribution >= 0.6 is 10.7 Å². The van der Waals surface area contributed by atoms with E-state index in [2.05, 4.69) is 12.2 Å². The Balaban J connectivity index is 2.14. The molecule has 2 rings (SSSR count). The van der Waals surface area contributed by atoms with E-state index in [9.17, 15) is 17.6 Å². The van der Waals surface area contributed by atoms with E-state index < -0.39 is 25.7 Å². The van der Waals surface area contributed by atoms with Crippen molar-refractivity contribution in [3.05, 3.63) is 29.6 Å². The SMILES string of the molecule is CC1CCC(NC(=O)c2cc(F)cc(S(=O)(=O)Cl)c2)CC1. The van der Waals surface area contributed by atoms with E-state index in [0.717, 1.165) is 43.9 Å². The van der Waals surface area contributed by atoms with E-state index in [1.54, 1.807) is 0 Å². The van der Waals surface area contributed by atoms with Crippen molar-refractivity contribution in [2.24, 2.45) is 5.92 Å². The third-order valence-electron chi connectivity index (χ3n) is 3.77. The van der Waals surface area contributed by atoms with Crippen LogP contribution in [0.3, 0.4) is 0 Å². The fraction of sp³-hybridized carbons (Fsp3) is 0.500. The van der Waals surface area contributed by atoms with Crippen molar-refractivity contribution in [2.75, 3.05) is 0 Å². The van der Waals surface area contributed by atoms with Crippen LogP contribution in [0.5, 0.6) is 0 Å². The molecule has 21 heavy (non-hydrogen) atoms. The molecule has 4 nitrogen and oxygen atoms in total. The number of hydrogen-bond acceptors (Lipinski definition) is 3. The number of rotatable bonds is 3. The molecule has 1 aliphatic carbocycles. The molecule has 0 aliphatic heterocycles. The van der Waals surface area contributed by atoms with Gasteiger partial charge in [0.25, 0.3) is 15.0 Å². The maximum absolute atomic E-state index is 13.4. The summed E-state index contributed by atoms with van der Waals surface area (Å²) in [5.41, 5.74) is -0.0344. The molecular weight excluding hydrogens is 317 g/mol. The normalized spacial score (nSPS) is 22.8. The van der Waals surface area contributed by atoms with Gasteiger partial charge in [0.2, 0.25) is 0 Å². The number of halogens is 2. The molecule has 116 valence electrons. The van der Waals surface area contributed by atoms with Gasteiger partial charge in [0.15, 0.2) is 0 Å². The average molecular weight is 334 g/mol. The number of benzene rings is 1. The summed E-state index contributed by atoms with van der Waals surface area (Å²) in [4.78, 5) is 11.7. The van der Waals surface area contributed by atoms with Crippen molar-refractivity contribution in [3.63, 3.8) is 0 Å². The molecule has 0 saturated heterocycles. The van der Waals surface area contributed by atoms with E-state index in [4.69, 9.17) is 10.7 Å². The lowest BCUT2D eigenvalue weighted by Crippen LogP contribution is -2.37. The largest absolute Gasteiger partial charge is 0.349 e. The minimum atomic E-state index is -4.07. The fourth-order valence-corrected chi connectivity index (χ4v) is 3.30. The van der Waals surface area contributed by atoms with Gasteiger partial charge in [-0.15, -0.1) is 0 Å². The summed E-state index contributed by atoms with van der Waals surface area (Å²) >= 11 is 0. The number of amides is 1. The molecule has 0 atom stereocenters. The van der Waals surface area contributed by atoms with Crippen molar-refractivity contribution in [3.8, 4) is 0 Å². The van der Waals surface area contributed by atoms with Gasteiger partial charge in [0.05, 0.1) is 4.90 Å². The summed E-state index contributed by atoms with van der Waals surface area (Å²) < 4.78 is 36.0. The quantitative estimate of drug-likeness (QED) is 0.865. The van der Waals surface area contributed by atoms with E-state index in [-0.39, 0.29) is 11.6 Å². The zero-order chi connectivity index (χ0) is 15.6. The number of nitrogens with one attached hydrogen (secondary N) is 1. The standard InChI is InChI=1S/C14H17ClFNO3S/c1-9-2-4-12(5-3-9)17-14(18)10-6-11(16)8-13(7-10)21(15,19)20/h6-9,12H,2-5H2,1H3,(H,17,18). The first-order valence-electron chi connectivity index (χ1n) is 6.82. The monoisotopic (exact) mass is 333 g/mol. The maximum Gasteiger partial charge on any atom is 0.261 e. The molecule has 7 heteroatoms. The Kier molecular flexibility index (Phi) is 4.88. The topological polar surface area (TPSA) is 63.2 Å². The zero-order valence-electron chi connectivity index (χ0n) is 11.6. The summed E-state index contributed by atoms with van der Waals surface area (Å²) in [5.74, 6) is -0.630. The summed E-state index contributed by atoms with van der Waals surface area (Å²) in [7, 11) is 1.12. The first kappa shape index (κ1) is 16.2. The average Bonchev–Trinajstić information content (AvgIpc) is 2.39. The minimum absolute atomic E-state index is 0.0344. The van der Waals surface area contributed by atoms with Crippen LogP contribution < -0.4 is 5.32 Å². The van der Waals surface area contributed by atoms with Gasteiger partial charge in [-0.1, -0.05) is 6.92 Å². The molecule has 0 unspecified atom stereocenters. The van der Waals surface area contributed by atoms with Gasteiger partial charge in [0, 0.05) is 22.3 Å². The van der Waals surface area contributed by atoms with Crippen LogP contribution in [0.25, 0.3) is 0 Å². The Hall–Kier alpha value is -1.14. The molecule has 0 radical (unpaired) electrons. The summed E-state index contributed by atoms with van der Waals surface area (Å²) in [5, 5.41) is 2.82. The third-order valence-corrected chi connectivity index (χ3v) is 5.10. The van der Waals surface area contributed by atoms with Crippen LogP contribution in [0.2, 0.25) is 0 Å². The Morgan fingerprint density at radius 3 is 2.43 bits per heavy atom. The predicted molar refractivity (Wildman–Crippen MR) is 78.3 cm³/mol. The van der Waals surface area contributed by atoms with Gasteiger partial charge in [-0.3, -0.25) is 4.79 Å². The summed E-state index contributed by atoms with van der Waals surface area (Å²) in [6.07, 6.45) is 3.83. The van der Waals surface area contributed by atoms with Gasteiger partial charge < -0.3 is 5.32 Å². The summed E-state index contributed by atoms with van der Waals surface area (Å²) in [6.45, 7) is 2.17. The van der Waals surface area contributed by atoms with Crippen molar-refractivity contribution in [1.29, 1.82) is 0 Å². The lowest BCUT2D eigenvalue weighted by Gasteiger charge is -2.26. The molecule has 1 amide bonds. The van der Waals surface area contributed by atoms with Crippen molar-refractivity contribution >= 4 is 25.6 Å². The lowest BCUT2D eigenvalue weighted by molar-refractivity contribution is 0.0922. The van der Waals surface area contributed by atoms with E-state index in [1.807, 2.05) is 0 Å². The highest BCUT2D eigenvalue weighted by molar-refractivity contribution is 8.13. The maximum atomic E-state index is 13.4. The second kappa shape index (κ2) is 6.32. The van der Waals surface area contributed by atoms with Gasteiger partial charge in [-0.05, 0) is 49.8 Å². The molecule has 1 aromatic carbocycles. The minimum Gasteiger partial charge on any atom is -0.349 e. The van der Waals surface area contributed by atoms with Crippen LogP contribution in [-0.2, 0) is 9.05 Å². The molecule has 1 N–H and O–H groups in total. The highest BCUT2D eigenvalue weighted by Gasteiger charge is 2.22. The molecule has 1 saturated carbocycles. The van der Waals surface area contributed by atoms with E-state index in [0.29, 0.717) is 5.92 Å². The fourth-order valence-electron chi connectivity index (χ4n) is 2.51. The van der Waals surface area contributed by atoms with Crippen LogP contribution in [0.1, 0.15) is 43.0 Å². The van der Waals surface area contributed by atoms with Crippen LogP contribution in [0.15, 0.2) is 23.1 Å². The Morgan fingerprint density at radius 2 is 1.86 bits per heavy atom. The van der Waals surface area contributed by atoms with Crippen molar-refractivity contribution in [2.45, 2.75) is 43.5 Å². The van der Waals surface area contributed by atoms with Crippen molar-refractivity contribution in [1.82, 2.24) is 5.32 Å². The van der Waals surface area contributed by atoms with E-state index >= 15 is 0 Å². The number of hydrogen-bond donors (Lipinski definition) is 1. The summed E-state index contributed by atoms with van der Waals surface area (Å²) in [6, 6.07) is 2.94. The first-order valence-corrected chi connectivity index (χ1v) is 9.13. The molecule has 0 spiro atoms. The molecular formula is C14H17ClFNO3S. The van der Waals surface area contributed by atoms with Crippen LogP contribution in [0, 0.1) is 11.7 Å². The Labute approximate surface area is 128 Å². The van der Waals surface area contributed by atoms with Gasteiger partial charge in [0.1, 0.15) is 5.82 Å². The van der Waals surface area contributed by atoms with Gasteiger partial charge >= 0.3 is 0 Å². The van der Waals surface area contributed by atoms with E-state index in [1.165, 1.54) is 0 Å². The van der Waals surface area contributed by atoms with Crippen molar-refractivity contribution < 1.29 is 17.6 Å². The highest BCUT2D eigenvalue weighted by Crippen LogP contribution is 2.24.